The highest BCUT2D eigenvalue weighted by atomic mass is 79.9. The number of nitrogens with one attached hydrogen (secondary N) is 5. The van der Waals surface area contributed by atoms with Crippen LogP contribution in [0.3, 0.4) is 0 Å². The van der Waals surface area contributed by atoms with Crippen molar-refractivity contribution in [3.63, 3.8) is 0 Å². The molecule has 3 aromatic rings. The third-order valence-electron chi connectivity index (χ3n) is 5.69. The molecule has 0 bridgehead atoms. The summed E-state index contributed by atoms with van der Waals surface area (Å²) in [6, 6.07) is 4.61. The lowest BCUT2D eigenvalue weighted by molar-refractivity contribution is -0.112. The Bertz CT molecular complexity index is 1500. The first-order valence-corrected chi connectivity index (χ1v) is 12.7. The normalized spacial score (nSPS) is 10.8. The summed E-state index contributed by atoms with van der Waals surface area (Å²) in [5.41, 5.74) is 7.73. The molecule has 0 unspecified atom stereocenters. The second-order valence-electron chi connectivity index (χ2n) is 8.73. The summed E-state index contributed by atoms with van der Waals surface area (Å²) < 4.78 is 4.89. The van der Waals surface area contributed by atoms with Crippen LogP contribution in [0.1, 0.15) is 31.5 Å². The average molecular weight is 652 g/mol. The maximum Gasteiger partial charge on any atom is 0.272 e. The molecule has 0 radical (unpaired) electrons. The van der Waals surface area contributed by atoms with Crippen LogP contribution in [0.4, 0.5) is 17.1 Å². The number of aromatic nitrogens is 3. The SMILES string of the molecule is C=C(Br)C(=O)Nc1cc(C(=O)Nc2cc(C(=O)Nc3cc(C(=O)NCCNC(N)=NC)n(C)c3)n(C)c2)n(C)c1.Cl. The Labute approximate surface area is 251 Å². The first kappa shape index (κ1) is 32.7. The molecule has 0 atom stereocenters. The smallest absolute Gasteiger partial charge is 0.272 e. The van der Waals surface area contributed by atoms with Crippen molar-refractivity contribution in [2.24, 2.45) is 31.9 Å². The molecule has 4 amide bonds. The Morgan fingerprint density at radius 1 is 0.780 bits per heavy atom. The lowest BCUT2D eigenvalue weighted by Gasteiger charge is -2.07. The first-order valence-electron chi connectivity index (χ1n) is 11.9. The van der Waals surface area contributed by atoms with Crippen molar-refractivity contribution in [1.82, 2.24) is 24.3 Å². The van der Waals surface area contributed by atoms with Crippen molar-refractivity contribution in [2.45, 2.75) is 0 Å². The van der Waals surface area contributed by atoms with E-state index in [-0.39, 0.29) is 40.1 Å². The summed E-state index contributed by atoms with van der Waals surface area (Å²) in [6.07, 6.45) is 4.81. The van der Waals surface area contributed by atoms with E-state index in [1.807, 2.05) is 0 Å². The van der Waals surface area contributed by atoms with Crippen LogP contribution in [0.25, 0.3) is 0 Å². The first-order chi connectivity index (χ1) is 18.9. The molecular weight excluding hydrogens is 620 g/mol. The number of guanidine groups is 1. The molecule has 220 valence electrons. The molecular formula is C25H32BrClN10O4. The topological polar surface area (TPSA) is 182 Å². The average Bonchev–Trinajstić information content (AvgIpc) is 3.56. The lowest BCUT2D eigenvalue weighted by Crippen LogP contribution is -2.38. The van der Waals surface area contributed by atoms with E-state index in [9.17, 15) is 19.2 Å². The van der Waals surface area contributed by atoms with E-state index < -0.39 is 17.7 Å². The van der Waals surface area contributed by atoms with Crippen molar-refractivity contribution in [3.8, 4) is 0 Å². The van der Waals surface area contributed by atoms with Gasteiger partial charge in [0.05, 0.1) is 21.5 Å². The number of amides is 4. The van der Waals surface area contributed by atoms with Gasteiger partial charge in [0.15, 0.2) is 5.96 Å². The van der Waals surface area contributed by atoms with Gasteiger partial charge in [0.25, 0.3) is 23.6 Å². The summed E-state index contributed by atoms with van der Waals surface area (Å²) in [7, 11) is 6.58. The molecule has 3 rings (SSSR count). The number of hydrogen-bond acceptors (Lipinski definition) is 5. The van der Waals surface area contributed by atoms with E-state index in [1.54, 1.807) is 66.5 Å². The van der Waals surface area contributed by atoms with Gasteiger partial charge in [-0.25, -0.2) is 0 Å². The molecule has 3 heterocycles. The second-order valence-corrected chi connectivity index (χ2v) is 9.69. The molecule has 16 heteroatoms. The van der Waals surface area contributed by atoms with Gasteiger partial charge < -0.3 is 46.0 Å². The Hall–Kier alpha value is -4.50. The molecule has 0 saturated heterocycles. The fraction of sp³-hybridized carbons (Fsp3) is 0.240. The van der Waals surface area contributed by atoms with Gasteiger partial charge in [-0.05, 0) is 34.1 Å². The third-order valence-corrected chi connectivity index (χ3v) is 6.05. The van der Waals surface area contributed by atoms with Crippen LogP contribution in [0, 0.1) is 0 Å². The third kappa shape index (κ3) is 8.49. The monoisotopic (exact) mass is 650 g/mol. The van der Waals surface area contributed by atoms with Crippen molar-refractivity contribution < 1.29 is 19.2 Å². The summed E-state index contributed by atoms with van der Waals surface area (Å²) in [6.45, 7) is 4.24. The van der Waals surface area contributed by atoms with Gasteiger partial charge in [0, 0.05) is 59.9 Å². The zero-order valence-corrected chi connectivity index (χ0v) is 25.3. The molecule has 0 fully saturated rings. The minimum Gasteiger partial charge on any atom is -0.370 e. The van der Waals surface area contributed by atoms with Crippen LogP contribution in [-0.2, 0) is 25.9 Å². The van der Waals surface area contributed by atoms with E-state index in [4.69, 9.17) is 5.73 Å². The Morgan fingerprint density at radius 2 is 1.17 bits per heavy atom. The number of nitrogens with two attached hydrogens (primary N) is 1. The van der Waals surface area contributed by atoms with Gasteiger partial charge in [0.2, 0.25) is 0 Å². The van der Waals surface area contributed by atoms with Crippen molar-refractivity contribution in [1.29, 1.82) is 0 Å². The molecule has 0 aliphatic carbocycles. The molecule has 0 saturated carbocycles. The molecule has 0 spiro atoms. The molecule has 14 nitrogen and oxygen atoms in total. The van der Waals surface area contributed by atoms with Crippen LogP contribution in [0.2, 0.25) is 0 Å². The van der Waals surface area contributed by atoms with Gasteiger partial charge in [-0.2, -0.15) is 0 Å². The van der Waals surface area contributed by atoms with Crippen LogP contribution in [-0.4, -0.2) is 63.4 Å². The van der Waals surface area contributed by atoms with Crippen LogP contribution in [0.15, 0.2) is 52.8 Å². The van der Waals surface area contributed by atoms with Crippen LogP contribution >= 0.6 is 28.3 Å². The second kappa shape index (κ2) is 14.2. The van der Waals surface area contributed by atoms with E-state index in [0.29, 0.717) is 35.8 Å². The fourth-order valence-electron chi connectivity index (χ4n) is 3.70. The Morgan fingerprint density at radius 3 is 1.59 bits per heavy atom. The number of rotatable bonds is 10. The number of halogens is 2. The molecule has 0 aliphatic rings. The van der Waals surface area contributed by atoms with Crippen molar-refractivity contribution >= 4 is 75.0 Å². The maximum absolute atomic E-state index is 13.0. The quantitative estimate of drug-likeness (QED) is 0.0840. The highest BCUT2D eigenvalue weighted by Gasteiger charge is 2.19. The highest BCUT2D eigenvalue weighted by Crippen LogP contribution is 2.20. The predicted octanol–water partition coefficient (Wildman–Crippen LogP) is 1.74. The van der Waals surface area contributed by atoms with Gasteiger partial charge in [-0.3, -0.25) is 24.2 Å². The van der Waals surface area contributed by atoms with Gasteiger partial charge >= 0.3 is 0 Å². The van der Waals surface area contributed by atoms with E-state index in [1.165, 1.54) is 12.1 Å². The summed E-state index contributed by atoms with van der Waals surface area (Å²) in [4.78, 5) is 54.0. The number of anilines is 3. The molecule has 41 heavy (non-hydrogen) atoms. The summed E-state index contributed by atoms with van der Waals surface area (Å²) >= 11 is 3.01. The van der Waals surface area contributed by atoms with Gasteiger partial charge in [-0.1, -0.05) is 6.58 Å². The minimum atomic E-state index is -0.434. The summed E-state index contributed by atoms with van der Waals surface area (Å²) in [5, 5.41) is 13.8. The number of carbonyl (C=O) groups is 4. The van der Waals surface area contributed by atoms with Gasteiger partial charge in [-0.15, -0.1) is 12.4 Å². The largest absolute Gasteiger partial charge is 0.370 e. The van der Waals surface area contributed by atoms with Crippen LogP contribution in [0.5, 0.6) is 0 Å². The number of carbonyl (C=O) groups excluding carboxylic acids is 4. The molecule has 0 aromatic carbocycles. The molecule has 0 aliphatic heterocycles. The molecule has 7 N–H and O–H groups in total. The zero-order chi connectivity index (χ0) is 29.6. The standard InChI is InChI=1S/C25H31BrN10O4.ClH/c1-14(26)21(37)31-15-9-19(35(4)11-15)23(39)33-17-10-20(36(5)13-17)24(40)32-16-8-18(34(3)12-16)22(38)29-6-7-30-25(27)28-2;/h8-13H,1,6-7H2,2-5H3,(H,29,38)(H,31,37)(H,32,40)(H,33,39)(H3,27,28,30);1H. The number of nitrogens with zero attached hydrogens (tertiary/aromatic N) is 4. The number of aryl methyl sites for hydroxylation is 3. The predicted molar refractivity (Wildman–Crippen MR) is 164 cm³/mol. The summed E-state index contributed by atoms with van der Waals surface area (Å²) in [5.74, 6) is -1.34. The van der Waals surface area contributed by atoms with Crippen molar-refractivity contribution in [2.75, 3.05) is 36.1 Å². The van der Waals surface area contributed by atoms with E-state index >= 15 is 0 Å². The van der Waals surface area contributed by atoms with E-state index in [0.717, 1.165) is 0 Å². The number of aliphatic imine (C=N–C) groups is 1. The van der Waals surface area contributed by atoms with Gasteiger partial charge in [0.1, 0.15) is 17.1 Å². The highest BCUT2D eigenvalue weighted by molar-refractivity contribution is 9.12. The Kier molecular flexibility index (Phi) is 11.3. The Balaban J connectivity index is 0.00000588. The minimum absolute atomic E-state index is 0. The van der Waals surface area contributed by atoms with E-state index in [2.05, 4.69) is 54.1 Å². The number of hydrogen-bond donors (Lipinski definition) is 6. The lowest BCUT2D eigenvalue weighted by atomic mass is 10.3. The molecule has 3 aromatic heterocycles. The fourth-order valence-corrected chi connectivity index (χ4v) is 3.80. The maximum atomic E-state index is 13.0. The van der Waals surface area contributed by atoms with Crippen molar-refractivity contribution in [3.05, 3.63) is 64.9 Å². The zero-order valence-electron chi connectivity index (χ0n) is 22.9. The van der Waals surface area contributed by atoms with Crippen LogP contribution < -0.4 is 32.3 Å².